The molecular formula is C73H118O6. The number of rotatable bonds is 57. The summed E-state index contributed by atoms with van der Waals surface area (Å²) in [6, 6.07) is 0. The fourth-order valence-corrected chi connectivity index (χ4v) is 8.53. The minimum Gasteiger partial charge on any atom is -0.462 e. The highest BCUT2D eigenvalue weighted by Crippen LogP contribution is 2.15. The van der Waals surface area contributed by atoms with E-state index >= 15 is 0 Å². The van der Waals surface area contributed by atoms with Crippen LogP contribution >= 0.6 is 0 Å². The molecule has 0 heterocycles. The molecule has 0 radical (unpaired) electrons. The molecule has 0 aliphatic rings. The number of ether oxygens (including phenoxy) is 3. The average molecular weight is 1090 g/mol. The zero-order chi connectivity index (χ0) is 57.1. The van der Waals surface area contributed by atoms with E-state index in [1.807, 2.05) is 0 Å². The van der Waals surface area contributed by atoms with Crippen LogP contribution in [0.15, 0.2) is 146 Å². The number of hydrogen-bond acceptors (Lipinski definition) is 6. The van der Waals surface area contributed by atoms with Crippen LogP contribution in [-0.4, -0.2) is 37.2 Å². The Morgan fingerprint density at radius 3 is 0.785 bits per heavy atom. The lowest BCUT2D eigenvalue weighted by molar-refractivity contribution is -0.167. The number of esters is 3. The number of carbonyl (C=O) groups excluding carboxylic acids is 3. The van der Waals surface area contributed by atoms with Crippen LogP contribution in [0.5, 0.6) is 0 Å². The molecule has 0 bridgehead atoms. The summed E-state index contributed by atoms with van der Waals surface area (Å²) in [7, 11) is 0. The van der Waals surface area contributed by atoms with Gasteiger partial charge < -0.3 is 14.2 Å². The van der Waals surface area contributed by atoms with Crippen molar-refractivity contribution in [1.82, 2.24) is 0 Å². The fraction of sp³-hybridized carbons (Fsp3) is 0.630. The highest BCUT2D eigenvalue weighted by atomic mass is 16.6. The smallest absolute Gasteiger partial charge is 0.306 e. The molecule has 0 N–H and O–H groups in total. The maximum Gasteiger partial charge on any atom is 0.306 e. The lowest BCUT2D eigenvalue weighted by Gasteiger charge is -2.18. The first-order valence-corrected chi connectivity index (χ1v) is 32.3. The van der Waals surface area contributed by atoms with E-state index in [0.717, 1.165) is 148 Å². The third kappa shape index (κ3) is 64.0. The molecule has 446 valence electrons. The molecule has 0 saturated heterocycles. The molecule has 6 nitrogen and oxygen atoms in total. The molecule has 0 aliphatic carbocycles. The maximum atomic E-state index is 12.9. The number of carbonyl (C=O) groups is 3. The highest BCUT2D eigenvalue weighted by Gasteiger charge is 2.19. The Bertz CT molecular complexity index is 1730. The van der Waals surface area contributed by atoms with Crippen LogP contribution in [0.25, 0.3) is 0 Å². The van der Waals surface area contributed by atoms with Gasteiger partial charge in [0.25, 0.3) is 0 Å². The summed E-state index contributed by atoms with van der Waals surface area (Å²) in [5.41, 5.74) is 0. The highest BCUT2D eigenvalue weighted by molar-refractivity contribution is 5.71. The van der Waals surface area contributed by atoms with Gasteiger partial charge in [-0.15, -0.1) is 0 Å². The fourth-order valence-electron chi connectivity index (χ4n) is 8.53. The van der Waals surface area contributed by atoms with Gasteiger partial charge in [-0.1, -0.05) is 263 Å². The Hall–Kier alpha value is -4.71. The summed E-state index contributed by atoms with van der Waals surface area (Å²) in [5, 5.41) is 0. The van der Waals surface area contributed by atoms with Crippen LogP contribution in [0.2, 0.25) is 0 Å². The minimum atomic E-state index is -0.803. The first-order chi connectivity index (χ1) is 39.0. The van der Waals surface area contributed by atoms with Gasteiger partial charge in [0.05, 0.1) is 0 Å². The van der Waals surface area contributed by atoms with Gasteiger partial charge in [-0.2, -0.15) is 0 Å². The second kappa shape index (κ2) is 65.8. The molecular weight excluding hydrogens is 973 g/mol. The van der Waals surface area contributed by atoms with Gasteiger partial charge in [-0.05, 0) is 141 Å². The molecule has 0 rings (SSSR count). The molecule has 79 heavy (non-hydrogen) atoms. The SMILES string of the molecule is CC/C=C\C/C=C\C/C=C\C/C=C\C/C=C\C/C=C\C/C=C\CCCCCCCCCCCC(=O)OCC(COC(=O)CCCCC/C=C\C/C=C\C/C=C\CC)OC(=O)CCCCCCCCC/C=C\C/C=C\CCCCC. The van der Waals surface area contributed by atoms with Gasteiger partial charge in [-0.3, -0.25) is 14.4 Å². The van der Waals surface area contributed by atoms with Crippen molar-refractivity contribution in [2.75, 3.05) is 13.2 Å². The standard InChI is InChI=1S/C73H118O6/c1-4-7-10-13-16-19-22-25-27-29-30-31-32-33-34-35-36-37-38-39-40-41-42-44-45-48-51-54-57-60-63-66-72(75)78-69-70(68-77-71(74)65-62-59-56-53-50-47-24-21-18-15-12-9-6-3)79-73(76)67-64-61-58-55-52-49-46-43-28-26-23-20-17-14-11-8-5-2/h7,9-10,12,16-21,25-28,30-31,33-34,36-37,39-40,47,50,70H,4-6,8,11,13-15,22-24,29,32,35,38,41-46,48-49,51-69H2,1-3H3/b10-7-,12-9-,19-16-,20-17-,21-18-,27-25-,28-26-,31-30-,34-33-,37-36-,40-39-,50-47-. The monoisotopic (exact) mass is 1090 g/mol. The van der Waals surface area contributed by atoms with Crippen LogP contribution in [0, 0.1) is 0 Å². The summed E-state index contributed by atoms with van der Waals surface area (Å²) >= 11 is 0. The van der Waals surface area contributed by atoms with Crippen LogP contribution in [-0.2, 0) is 28.6 Å². The van der Waals surface area contributed by atoms with Crippen molar-refractivity contribution in [3.8, 4) is 0 Å². The molecule has 0 aromatic heterocycles. The molecule has 0 spiro atoms. The second-order valence-corrected chi connectivity index (χ2v) is 20.9. The van der Waals surface area contributed by atoms with E-state index in [4.69, 9.17) is 14.2 Å². The largest absolute Gasteiger partial charge is 0.462 e. The van der Waals surface area contributed by atoms with Gasteiger partial charge in [-0.25, -0.2) is 0 Å². The van der Waals surface area contributed by atoms with Gasteiger partial charge in [0.1, 0.15) is 13.2 Å². The maximum absolute atomic E-state index is 12.9. The molecule has 0 aliphatic heterocycles. The van der Waals surface area contributed by atoms with Crippen molar-refractivity contribution in [1.29, 1.82) is 0 Å². The lowest BCUT2D eigenvalue weighted by Crippen LogP contribution is -2.30. The molecule has 1 unspecified atom stereocenters. The zero-order valence-corrected chi connectivity index (χ0v) is 51.1. The summed E-state index contributed by atoms with van der Waals surface area (Å²) in [6.07, 6.45) is 94.3. The van der Waals surface area contributed by atoms with Crippen molar-refractivity contribution in [2.45, 2.75) is 284 Å². The van der Waals surface area contributed by atoms with Crippen LogP contribution in [0.1, 0.15) is 278 Å². The second-order valence-electron chi connectivity index (χ2n) is 20.9. The molecule has 0 fully saturated rings. The summed E-state index contributed by atoms with van der Waals surface area (Å²) in [4.78, 5) is 38.3. The first-order valence-electron chi connectivity index (χ1n) is 32.3. The third-order valence-corrected chi connectivity index (χ3v) is 13.3. The van der Waals surface area contributed by atoms with Gasteiger partial charge >= 0.3 is 17.9 Å². The Morgan fingerprint density at radius 2 is 0.494 bits per heavy atom. The summed E-state index contributed by atoms with van der Waals surface area (Å²) < 4.78 is 16.9. The van der Waals surface area contributed by atoms with E-state index in [1.54, 1.807) is 0 Å². The van der Waals surface area contributed by atoms with Crippen molar-refractivity contribution in [3.63, 3.8) is 0 Å². The number of hydrogen-bond donors (Lipinski definition) is 0. The van der Waals surface area contributed by atoms with E-state index in [-0.39, 0.29) is 31.1 Å². The van der Waals surface area contributed by atoms with E-state index in [2.05, 4.69) is 167 Å². The first kappa shape index (κ1) is 74.3. The number of unbranched alkanes of at least 4 members (excludes halogenated alkanes) is 22. The normalized spacial score (nSPS) is 13.1. The van der Waals surface area contributed by atoms with E-state index in [9.17, 15) is 14.4 Å². The molecule has 0 aromatic rings. The predicted octanol–water partition coefficient (Wildman–Crippen LogP) is 22.3. The molecule has 0 amide bonds. The Balaban J connectivity index is 4.33. The minimum absolute atomic E-state index is 0.0982. The topological polar surface area (TPSA) is 78.9 Å². The quantitative estimate of drug-likeness (QED) is 0.0261. The molecule has 0 saturated carbocycles. The van der Waals surface area contributed by atoms with Gasteiger partial charge in [0, 0.05) is 19.3 Å². The predicted molar refractivity (Wildman–Crippen MR) is 343 cm³/mol. The van der Waals surface area contributed by atoms with E-state index in [1.165, 1.54) is 89.9 Å². The van der Waals surface area contributed by atoms with E-state index in [0.29, 0.717) is 19.3 Å². The zero-order valence-electron chi connectivity index (χ0n) is 51.1. The van der Waals surface area contributed by atoms with Gasteiger partial charge in [0.2, 0.25) is 0 Å². The molecule has 0 aromatic carbocycles. The number of allylic oxidation sites excluding steroid dienone is 24. The van der Waals surface area contributed by atoms with E-state index < -0.39 is 6.10 Å². The van der Waals surface area contributed by atoms with Crippen LogP contribution in [0.3, 0.4) is 0 Å². The van der Waals surface area contributed by atoms with Crippen LogP contribution < -0.4 is 0 Å². The third-order valence-electron chi connectivity index (χ3n) is 13.3. The molecule has 1 atom stereocenters. The Morgan fingerprint density at radius 1 is 0.266 bits per heavy atom. The molecule has 6 heteroatoms. The average Bonchev–Trinajstić information content (AvgIpc) is 3.45. The van der Waals surface area contributed by atoms with Gasteiger partial charge in [0.15, 0.2) is 6.10 Å². The van der Waals surface area contributed by atoms with Crippen molar-refractivity contribution in [3.05, 3.63) is 146 Å². The Labute approximate surface area is 487 Å². The van der Waals surface area contributed by atoms with Crippen molar-refractivity contribution in [2.24, 2.45) is 0 Å². The summed E-state index contributed by atoms with van der Waals surface area (Å²) in [5.74, 6) is -0.942. The summed E-state index contributed by atoms with van der Waals surface area (Å²) in [6.45, 7) is 6.35. The van der Waals surface area contributed by atoms with Crippen molar-refractivity contribution < 1.29 is 28.6 Å². The van der Waals surface area contributed by atoms with Crippen LogP contribution in [0.4, 0.5) is 0 Å². The Kier molecular flexibility index (Phi) is 61.9. The lowest BCUT2D eigenvalue weighted by atomic mass is 10.1. The van der Waals surface area contributed by atoms with Crippen molar-refractivity contribution >= 4 is 17.9 Å².